The molecule has 1 aliphatic heterocycles. The number of aryl methyl sites for hydroxylation is 2. The Hall–Kier alpha value is -1.55. The van der Waals surface area contributed by atoms with Gasteiger partial charge in [-0.3, -0.25) is 4.79 Å². The van der Waals surface area contributed by atoms with E-state index in [-0.39, 0.29) is 12.0 Å². The van der Waals surface area contributed by atoms with Gasteiger partial charge in [-0.1, -0.05) is 6.07 Å². The normalized spacial score (nSPS) is 22.0. The minimum atomic E-state index is -0.483. The number of fused-ring (bicyclic) bond motifs is 1. The molecule has 1 aliphatic carbocycles. The van der Waals surface area contributed by atoms with E-state index in [2.05, 4.69) is 17.4 Å². The van der Waals surface area contributed by atoms with E-state index in [1.807, 2.05) is 6.07 Å². The predicted molar refractivity (Wildman–Crippen MR) is 85.2 cm³/mol. The second kappa shape index (κ2) is 7.14. The van der Waals surface area contributed by atoms with Gasteiger partial charge in [0.25, 0.3) is 5.91 Å². The van der Waals surface area contributed by atoms with Crippen LogP contribution in [0.15, 0.2) is 18.2 Å². The number of ether oxygens (including phenoxy) is 2. The lowest BCUT2D eigenvalue weighted by molar-refractivity contribution is -0.127. The highest BCUT2D eigenvalue weighted by Crippen LogP contribution is 2.25. The van der Waals surface area contributed by atoms with Crippen LogP contribution in [-0.4, -0.2) is 31.3 Å². The van der Waals surface area contributed by atoms with Crippen molar-refractivity contribution >= 4 is 5.91 Å². The van der Waals surface area contributed by atoms with E-state index >= 15 is 0 Å². The van der Waals surface area contributed by atoms with Crippen molar-refractivity contribution in [2.75, 3.05) is 13.2 Å². The van der Waals surface area contributed by atoms with Gasteiger partial charge in [-0.15, -0.1) is 0 Å². The van der Waals surface area contributed by atoms with Crippen LogP contribution in [0.1, 0.15) is 43.7 Å². The lowest BCUT2D eigenvalue weighted by Gasteiger charge is -2.19. The van der Waals surface area contributed by atoms with E-state index in [1.165, 1.54) is 24.0 Å². The van der Waals surface area contributed by atoms with Crippen LogP contribution < -0.4 is 10.1 Å². The van der Waals surface area contributed by atoms with Crippen molar-refractivity contribution in [3.63, 3.8) is 0 Å². The fourth-order valence-electron chi connectivity index (χ4n) is 3.20. The van der Waals surface area contributed by atoms with Gasteiger partial charge >= 0.3 is 0 Å². The van der Waals surface area contributed by atoms with Gasteiger partial charge in [-0.05, 0) is 68.7 Å². The number of amides is 1. The summed E-state index contributed by atoms with van der Waals surface area (Å²) in [5, 5.41) is 2.92. The Morgan fingerprint density at radius 2 is 2.14 bits per heavy atom. The maximum absolute atomic E-state index is 12.1. The lowest BCUT2D eigenvalue weighted by atomic mass is 9.92. The zero-order valence-electron chi connectivity index (χ0n) is 13.3. The van der Waals surface area contributed by atoms with Crippen LogP contribution in [0.4, 0.5) is 0 Å². The summed E-state index contributed by atoms with van der Waals surface area (Å²) in [6.07, 6.45) is 6.59. The summed E-state index contributed by atoms with van der Waals surface area (Å²) in [6.45, 7) is 3.18. The zero-order chi connectivity index (χ0) is 15.4. The number of carbonyl (C=O) groups excluding carboxylic acids is 1. The molecule has 1 N–H and O–H groups in total. The maximum atomic E-state index is 12.1. The van der Waals surface area contributed by atoms with Gasteiger partial charge in [-0.2, -0.15) is 0 Å². The standard InChI is InChI=1S/C18H25NO3/c1-13(18(20)19-12-17-7-4-10-21-17)22-16-9-8-14-5-2-3-6-15(14)11-16/h8-9,11,13,17H,2-7,10,12H2,1H3,(H,19,20). The smallest absolute Gasteiger partial charge is 0.260 e. The van der Waals surface area contributed by atoms with Crippen molar-refractivity contribution in [1.82, 2.24) is 5.32 Å². The molecule has 2 atom stereocenters. The third-order valence-corrected chi connectivity index (χ3v) is 4.53. The molecular weight excluding hydrogens is 278 g/mol. The molecule has 0 spiro atoms. The first-order valence-electron chi connectivity index (χ1n) is 8.40. The summed E-state index contributed by atoms with van der Waals surface area (Å²) >= 11 is 0. The van der Waals surface area contributed by atoms with Crippen LogP contribution in [0, 0.1) is 0 Å². The Balaban J connectivity index is 1.51. The van der Waals surface area contributed by atoms with Crippen LogP contribution in [0.5, 0.6) is 5.75 Å². The Morgan fingerprint density at radius 1 is 1.32 bits per heavy atom. The van der Waals surface area contributed by atoms with Crippen LogP contribution in [0.25, 0.3) is 0 Å². The van der Waals surface area contributed by atoms with Gasteiger partial charge in [-0.25, -0.2) is 0 Å². The van der Waals surface area contributed by atoms with Gasteiger partial charge in [0.15, 0.2) is 6.10 Å². The third kappa shape index (κ3) is 3.80. The quantitative estimate of drug-likeness (QED) is 0.909. The molecule has 0 saturated carbocycles. The molecule has 1 heterocycles. The Kier molecular flexibility index (Phi) is 4.98. The minimum absolute atomic E-state index is 0.0757. The summed E-state index contributed by atoms with van der Waals surface area (Å²) in [5.74, 6) is 0.716. The molecule has 2 unspecified atom stereocenters. The molecule has 22 heavy (non-hydrogen) atoms. The maximum Gasteiger partial charge on any atom is 0.260 e. The van der Waals surface area contributed by atoms with Gasteiger partial charge < -0.3 is 14.8 Å². The second-order valence-corrected chi connectivity index (χ2v) is 6.28. The third-order valence-electron chi connectivity index (χ3n) is 4.53. The van der Waals surface area contributed by atoms with Gasteiger partial charge in [0.2, 0.25) is 0 Å². The fraction of sp³-hybridized carbons (Fsp3) is 0.611. The Labute approximate surface area is 132 Å². The Bertz CT molecular complexity index is 523. The summed E-state index contributed by atoms with van der Waals surface area (Å²) < 4.78 is 11.3. The van der Waals surface area contributed by atoms with Crippen LogP contribution >= 0.6 is 0 Å². The Morgan fingerprint density at radius 3 is 2.91 bits per heavy atom. The topological polar surface area (TPSA) is 47.6 Å². The summed E-state index contributed by atoms with van der Waals surface area (Å²) in [6, 6.07) is 6.22. The monoisotopic (exact) mass is 303 g/mol. The van der Waals surface area contributed by atoms with Crippen molar-refractivity contribution in [2.45, 2.75) is 57.7 Å². The number of benzene rings is 1. The number of nitrogens with one attached hydrogen (secondary N) is 1. The molecule has 0 bridgehead atoms. The average Bonchev–Trinajstić information content (AvgIpc) is 3.06. The van der Waals surface area contributed by atoms with E-state index in [4.69, 9.17) is 9.47 Å². The molecule has 0 radical (unpaired) electrons. The zero-order valence-corrected chi connectivity index (χ0v) is 13.3. The van der Waals surface area contributed by atoms with Crippen molar-refractivity contribution in [3.8, 4) is 5.75 Å². The molecule has 4 heteroatoms. The van der Waals surface area contributed by atoms with E-state index < -0.39 is 6.10 Å². The first-order valence-corrected chi connectivity index (χ1v) is 8.40. The van der Waals surface area contributed by atoms with E-state index in [1.54, 1.807) is 6.92 Å². The second-order valence-electron chi connectivity index (χ2n) is 6.28. The molecular formula is C18H25NO3. The SMILES string of the molecule is CC(Oc1ccc2c(c1)CCCC2)C(=O)NCC1CCCO1. The lowest BCUT2D eigenvalue weighted by Crippen LogP contribution is -2.40. The molecule has 1 aromatic rings. The van der Waals surface area contributed by atoms with Crippen LogP contribution in [0.3, 0.4) is 0 Å². The number of hydrogen-bond acceptors (Lipinski definition) is 3. The molecule has 1 aromatic carbocycles. The molecule has 1 amide bonds. The van der Waals surface area contributed by atoms with Crippen LogP contribution in [-0.2, 0) is 22.4 Å². The molecule has 4 nitrogen and oxygen atoms in total. The first kappa shape index (κ1) is 15.3. The van der Waals surface area contributed by atoms with Gasteiger partial charge in [0.1, 0.15) is 5.75 Å². The van der Waals surface area contributed by atoms with Gasteiger partial charge in [0, 0.05) is 13.2 Å². The molecule has 120 valence electrons. The summed E-state index contributed by atoms with van der Waals surface area (Å²) in [7, 11) is 0. The highest BCUT2D eigenvalue weighted by atomic mass is 16.5. The van der Waals surface area contributed by atoms with Crippen LogP contribution in [0.2, 0.25) is 0 Å². The number of hydrogen-bond donors (Lipinski definition) is 1. The van der Waals surface area contributed by atoms with Crippen molar-refractivity contribution in [1.29, 1.82) is 0 Å². The fourth-order valence-corrected chi connectivity index (χ4v) is 3.20. The van der Waals surface area contributed by atoms with E-state index in [0.717, 1.165) is 38.0 Å². The average molecular weight is 303 g/mol. The minimum Gasteiger partial charge on any atom is -0.481 e. The van der Waals surface area contributed by atoms with E-state index in [0.29, 0.717) is 6.54 Å². The summed E-state index contributed by atoms with van der Waals surface area (Å²) in [5.41, 5.74) is 2.80. The van der Waals surface area contributed by atoms with Crippen molar-refractivity contribution in [2.24, 2.45) is 0 Å². The molecule has 2 aliphatic rings. The van der Waals surface area contributed by atoms with E-state index in [9.17, 15) is 4.79 Å². The molecule has 0 aromatic heterocycles. The molecule has 1 saturated heterocycles. The van der Waals surface area contributed by atoms with Crippen molar-refractivity contribution in [3.05, 3.63) is 29.3 Å². The van der Waals surface area contributed by atoms with Gasteiger partial charge in [0.05, 0.1) is 6.10 Å². The predicted octanol–water partition coefficient (Wildman–Crippen LogP) is 2.63. The highest BCUT2D eigenvalue weighted by Gasteiger charge is 2.20. The number of carbonyl (C=O) groups is 1. The number of rotatable bonds is 5. The summed E-state index contributed by atoms with van der Waals surface area (Å²) in [4.78, 5) is 12.1. The molecule has 3 rings (SSSR count). The van der Waals surface area contributed by atoms with Crippen molar-refractivity contribution < 1.29 is 14.3 Å². The first-order chi connectivity index (χ1) is 10.7. The largest absolute Gasteiger partial charge is 0.481 e. The highest BCUT2D eigenvalue weighted by molar-refractivity contribution is 5.80. The molecule has 1 fully saturated rings.